The molecular weight excluding hydrogens is 412 g/mol. The van der Waals surface area contributed by atoms with E-state index in [1.807, 2.05) is 18.2 Å². The van der Waals surface area contributed by atoms with Gasteiger partial charge in [-0.25, -0.2) is 8.42 Å². The first-order valence-electron chi connectivity index (χ1n) is 9.95. The number of sulfonamides is 1. The van der Waals surface area contributed by atoms with Crippen LogP contribution in [-0.2, 0) is 10.0 Å². The molecule has 0 radical (unpaired) electrons. The van der Waals surface area contributed by atoms with Gasteiger partial charge in [0.15, 0.2) is 0 Å². The van der Waals surface area contributed by atoms with Gasteiger partial charge >= 0.3 is 0 Å². The molecule has 0 fully saturated rings. The maximum absolute atomic E-state index is 11.9. The molecule has 9 heteroatoms. The van der Waals surface area contributed by atoms with Gasteiger partial charge in [-0.05, 0) is 55.7 Å². The molecule has 0 aliphatic heterocycles. The molecular formula is C22H26N6O2S. The molecule has 0 amide bonds. The van der Waals surface area contributed by atoms with E-state index in [9.17, 15) is 18.9 Å². The lowest BCUT2D eigenvalue weighted by molar-refractivity contribution is 0.607. The fourth-order valence-electron chi connectivity index (χ4n) is 3.16. The Kier molecular flexibility index (Phi) is 8.12. The summed E-state index contributed by atoms with van der Waals surface area (Å²) >= 11 is 0. The van der Waals surface area contributed by atoms with Crippen LogP contribution in [0.1, 0.15) is 43.4 Å². The molecule has 0 saturated carbocycles. The van der Waals surface area contributed by atoms with Gasteiger partial charge < -0.3 is 4.90 Å². The van der Waals surface area contributed by atoms with Gasteiger partial charge in [0.25, 0.3) is 0 Å². The highest BCUT2D eigenvalue weighted by atomic mass is 32.2. The predicted molar refractivity (Wildman–Crippen MR) is 122 cm³/mol. The molecule has 0 saturated heterocycles. The van der Waals surface area contributed by atoms with Crippen molar-refractivity contribution < 1.29 is 8.42 Å². The van der Waals surface area contributed by atoms with Crippen LogP contribution >= 0.6 is 0 Å². The molecule has 0 heterocycles. The molecule has 0 bridgehead atoms. The van der Waals surface area contributed by atoms with Gasteiger partial charge in [-0.2, -0.15) is 10.5 Å². The summed E-state index contributed by atoms with van der Waals surface area (Å²) in [5.41, 5.74) is 2.82. The van der Waals surface area contributed by atoms with E-state index >= 15 is 0 Å². The van der Waals surface area contributed by atoms with Crippen molar-refractivity contribution >= 4 is 32.8 Å². The van der Waals surface area contributed by atoms with Gasteiger partial charge in [0.1, 0.15) is 23.5 Å². The summed E-state index contributed by atoms with van der Waals surface area (Å²) in [7, 11) is -3.56. The average Bonchev–Trinajstić information content (AvgIpc) is 2.71. The maximum Gasteiger partial charge on any atom is 0.229 e. The van der Waals surface area contributed by atoms with Crippen LogP contribution in [0.2, 0.25) is 0 Å². The standard InChI is InChI=1S/C22H26N6O2S/c1-5-9-28(10-6-2)19-7-8-20(21(13-19)27-31(4,29)30)25-26-22-17(14-23)11-16(3)12-18(22)15-24/h7-8,11-13,27H,5-6,9-10H2,1-4H3. The molecule has 8 nitrogen and oxygen atoms in total. The molecule has 0 atom stereocenters. The third kappa shape index (κ3) is 6.53. The Morgan fingerprint density at radius 2 is 1.58 bits per heavy atom. The third-order valence-electron chi connectivity index (χ3n) is 4.38. The minimum atomic E-state index is -3.56. The largest absolute Gasteiger partial charge is 0.371 e. The van der Waals surface area contributed by atoms with Crippen LogP contribution in [0.3, 0.4) is 0 Å². The van der Waals surface area contributed by atoms with Crippen molar-refractivity contribution in [2.45, 2.75) is 33.6 Å². The Morgan fingerprint density at radius 1 is 1.00 bits per heavy atom. The van der Waals surface area contributed by atoms with Crippen molar-refractivity contribution in [1.82, 2.24) is 0 Å². The van der Waals surface area contributed by atoms with Crippen LogP contribution in [0.5, 0.6) is 0 Å². The smallest absolute Gasteiger partial charge is 0.229 e. The molecule has 0 aromatic heterocycles. The zero-order chi connectivity index (χ0) is 23.0. The minimum Gasteiger partial charge on any atom is -0.371 e. The average molecular weight is 439 g/mol. The number of hydrogen-bond donors (Lipinski definition) is 1. The van der Waals surface area contributed by atoms with E-state index in [4.69, 9.17) is 0 Å². The summed E-state index contributed by atoms with van der Waals surface area (Å²) in [6.07, 6.45) is 2.98. The molecule has 2 aromatic rings. The second kappa shape index (κ2) is 10.6. The quantitative estimate of drug-likeness (QED) is 0.542. The first kappa shape index (κ1) is 23.8. The van der Waals surface area contributed by atoms with Gasteiger partial charge in [0.05, 0.1) is 23.1 Å². The van der Waals surface area contributed by atoms with Gasteiger partial charge in [-0.1, -0.05) is 13.8 Å². The monoisotopic (exact) mass is 438 g/mol. The molecule has 0 aliphatic carbocycles. The van der Waals surface area contributed by atoms with E-state index in [0.717, 1.165) is 43.4 Å². The Hall–Kier alpha value is -3.43. The van der Waals surface area contributed by atoms with Crippen molar-refractivity contribution in [3.63, 3.8) is 0 Å². The lowest BCUT2D eigenvalue weighted by Gasteiger charge is -2.24. The SMILES string of the molecule is CCCN(CCC)c1ccc(N=Nc2c(C#N)cc(C)cc2C#N)c(NS(C)(=O)=O)c1. The van der Waals surface area contributed by atoms with Crippen LogP contribution in [0.4, 0.5) is 22.7 Å². The van der Waals surface area contributed by atoms with Crippen molar-refractivity contribution in [2.75, 3.05) is 29.0 Å². The van der Waals surface area contributed by atoms with Crippen molar-refractivity contribution in [2.24, 2.45) is 10.2 Å². The molecule has 2 rings (SSSR count). The summed E-state index contributed by atoms with van der Waals surface area (Å²) in [6, 6.07) is 12.6. The van der Waals surface area contributed by atoms with E-state index in [0.29, 0.717) is 0 Å². The van der Waals surface area contributed by atoms with Crippen LogP contribution < -0.4 is 9.62 Å². The summed E-state index contributed by atoms with van der Waals surface area (Å²) < 4.78 is 26.3. The fourth-order valence-corrected chi connectivity index (χ4v) is 3.72. The maximum atomic E-state index is 11.9. The van der Waals surface area contributed by atoms with Gasteiger partial charge in [0.2, 0.25) is 10.0 Å². The highest BCUT2D eigenvalue weighted by molar-refractivity contribution is 7.92. The number of anilines is 2. The second-order valence-electron chi connectivity index (χ2n) is 7.19. The number of nitriles is 2. The molecule has 0 spiro atoms. The second-order valence-corrected chi connectivity index (χ2v) is 8.94. The molecule has 2 aromatic carbocycles. The molecule has 1 N–H and O–H groups in total. The number of benzene rings is 2. The molecule has 0 unspecified atom stereocenters. The van der Waals surface area contributed by atoms with E-state index in [1.165, 1.54) is 0 Å². The Bertz CT molecular complexity index is 1120. The summed E-state index contributed by atoms with van der Waals surface area (Å²) in [6.45, 7) is 7.64. The number of nitrogens with zero attached hydrogens (tertiary/aromatic N) is 5. The van der Waals surface area contributed by atoms with E-state index in [-0.39, 0.29) is 28.2 Å². The molecule has 162 valence electrons. The molecule has 31 heavy (non-hydrogen) atoms. The number of hydrogen-bond acceptors (Lipinski definition) is 7. The third-order valence-corrected chi connectivity index (χ3v) is 4.97. The zero-order valence-corrected chi connectivity index (χ0v) is 19.0. The first-order chi connectivity index (χ1) is 14.7. The molecule has 0 aliphatic rings. The van der Waals surface area contributed by atoms with Crippen molar-refractivity contribution in [1.29, 1.82) is 10.5 Å². The van der Waals surface area contributed by atoms with Crippen LogP contribution in [-0.4, -0.2) is 27.8 Å². The zero-order valence-electron chi connectivity index (χ0n) is 18.2. The summed E-state index contributed by atoms with van der Waals surface area (Å²) in [5, 5.41) is 27.1. The predicted octanol–water partition coefficient (Wildman–Crippen LogP) is 5.15. The lowest BCUT2D eigenvalue weighted by atomic mass is 10.1. The van der Waals surface area contributed by atoms with Gasteiger partial charge in [-0.3, -0.25) is 4.72 Å². The number of nitrogens with one attached hydrogen (secondary N) is 1. The Morgan fingerprint density at radius 3 is 2.06 bits per heavy atom. The highest BCUT2D eigenvalue weighted by Crippen LogP contribution is 2.34. The Balaban J connectivity index is 2.56. The fraction of sp³-hybridized carbons (Fsp3) is 0.364. The topological polar surface area (TPSA) is 122 Å². The normalized spacial score (nSPS) is 11.2. The van der Waals surface area contributed by atoms with E-state index in [1.54, 1.807) is 31.2 Å². The lowest BCUT2D eigenvalue weighted by Crippen LogP contribution is -2.25. The number of azo groups is 1. The van der Waals surface area contributed by atoms with Crippen LogP contribution in [0.25, 0.3) is 0 Å². The van der Waals surface area contributed by atoms with Gasteiger partial charge in [0, 0.05) is 18.8 Å². The Labute approximate surface area is 183 Å². The summed E-state index contributed by atoms with van der Waals surface area (Å²) in [5.74, 6) is 0. The van der Waals surface area contributed by atoms with E-state index < -0.39 is 10.0 Å². The van der Waals surface area contributed by atoms with Crippen LogP contribution in [0.15, 0.2) is 40.6 Å². The van der Waals surface area contributed by atoms with Crippen molar-refractivity contribution in [3.8, 4) is 12.1 Å². The van der Waals surface area contributed by atoms with Crippen molar-refractivity contribution in [3.05, 3.63) is 47.0 Å². The summed E-state index contributed by atoms with van der Waals surface area (Å²) in [4.78, 5) is 2.18. The van der Waals surface area contributed by atoms with E-state index in [2.05, 4.69) is 33.7 Å². The minimum absolute atomic E-state index is 0.156. The highest BCUT2D eigenvalue weighted by Gasteiger charge is 2.14. The van der Waals surface area contributed by atoms with Crippen LogP contribution in [0, 0.1) is 29.6 Å². The number of rotatable bonds is 9. The van der Waals surface area contributed by atoms with Gasteiger partial charge in [-0.15, -0.1) is 10.2 Å². The first-order valence-corrected chi connectivity index (χ1v) is 11.8. The number of aryl methyl sites for hydroxylation is 1.